The number of ether oxygens (including phenoxy) is 3. The van der Waals surface area contributed by atoms with Gasteiger partial charge in [0.1, 0.15) is 0 Å². The predicted octanol–water partition coefficient (Wildman–Crippen LogP) is 1.83. The number of carbonyl (C=O) groups excluding carboxylic acids is 1. The van der Waals surface area contributed by atoms with Crippen LogP contribution in [0.25, 0.3) is 0 Å². The van der Waals surface area contributed by atoms with Crippen molar-refractivity contribution in [1.82, 2.24) is 0 Å². The van der Waals surface area contributed by atoms with Crippen molar-refractivity contribution in [1.29, 1.82) is 0 Å². The average Bonchev–Trinajstić information content (AvgIpc) is 2.75. The monoisotopic (exact) mass is 240 g/mol. The summed E-state index contributed by atoms with van der Waals surface area (Å²) in [7, 11) is 1.37. The Morgan fingerprint density at radius 1 is 1.47 bits per heavy atom. The molecule has 4 heteroatoms. The SMILES string of the molecule is COC(=O)/C=C/C[C@@]1(C)CO[C@H]2CCC[C@@H]2O1. The van der Waals surface area contributed by atoms with Crippen LogP contribution in [0, 0.1) is 0 Å². The Morgan fingerprint density at radius 3 is 3.00 bits per heavy atom. The van der Waals surface area contributed by atoms with Gasteiger partial charge in [-0.3, -0.25) is 0 Å². The molecule has 1 saturated carbocycles. The van der Waals surface area contributed by atoms with E-state index in [0.29, 0.717) is 13.0 Å². The third-order valence-corrected chi connectivity index (χ3v) is 3.44. The van der Waals surface area contributed by atoms with Gasteiger partial charge in [-0.05, 0) is 32.6 Å². The largest absolute Gasteiger partial charge is 0.466 e. The summed E-state index contributed by atoms with van der Waals surface area (Å²) in [4.78, 5) is 11.0. The van der Waals surface area contributed by atoms with Crippen LogP contribution < -0.4 is 0 Å². The second-order valence-electron chi connectivity index (χ2n) is 5.02. The van der Waals surface area contributed by atoms with Gasteiger partial charge < -0.3 is 14.2 Å². The number of methoxy groups -OCH3 is 1. The number of esters is 1. The first kappa shape index (κ1) is 12.6. The molecule has 0 N–H and O–H groups in total. The minimum absolute atomic E-state index is 0.236. The number of rotatable bonds is 3. The van der Waals surface area contributed by atoms with Crippen molar-refractivity contribution < 1.29 is 19.0 Å². The molecule has 2 aliphatic rings. The van der Waals surface area contributed by atoms with Gasteiger partial charge in [0, 0.05) is 6.08 Å². The van der Waals surface area contributed by atoms with Crippen LogP contribution in [0.4, 0.5) is 0 Å². The summed E-state index contributed by atoms with van der Waals surface area (Å²) in [5.74, 6) is -0.330. The fraction of sp³-hybridized carbons (Fsp3) is 0.769. The molecule has 2 fully saturated rings. The minimum atomic E-state index is -0.330. The van der Waals surface area contributed by atoms with Crippen LogP contribution in [0.15, 0.2) is 12.2 Å². The Hall–Kier alpha value is -0.870. The molecule has 17 heavy (non-hydrogen) atoms. The average molecular weight is 240 g/mol. The lowest BCUT2D eigenvalue weighted by Crippen LogP contribution is -2.47. The van der Waals surface area contributed by atoms with Crippen LogP contribution in [-0.2, 0) is 19.0 Å². The number of hydrogen-bond acceptors (Lipinski definition) is 4. The van der Waals surface area contributed by atoms with Crippen molar-refractivity contribution in [3.63, 3.8) is 0 Å². The maximum Gasteiger partial charge on any atom is 0.330 e. The fourth-order valence-corrected chi connectivity index (χ4v) is 2.48. The summed E-state index contributed by atoms with van der Waals surface area (Å²) in [6, 6.07) is 0. The predicted molar refractivity (Wildman–Crippen MR) is 62.6 cm³/mol. The summed E-state index contributed by atoms with van der Waals surface area (Å²) >= 11 is 0. The zero-order chi connectivity index (χ0) is 12.3. The molecular weight excluding hydrogens is 220 g/mol. The first-order valence-corrected chi connectivity index (χ1v) is 6.17. The highest BCUT2D eigenvalue weighted by Gasteiger charge is 2.41. The number of hydrogen-bond donors (Lipinski definition) is 0. The van der Waals surface area contributed by atoms with E-state index < -0.39 is 0 Å². The molecule has 0 aromatic rings. The lowest BCUT2D eigenvalue weighted by molar-refractivity contribution is -0.213. The van der Waals surface area contributed by atoms with Crippen LogP contribution in [0.3, 0.4) is 0 Å². The van der Waals surface area contributed by atoms with E-state index in [-0.39, 0.29) is 23.8 Å². The van der Waals surface area contributed by atoms with Crippen molar-refractivity contribution in [2.24, 2.45) is 0 Å². The topological polar surface area (TPSA) is 44.8 Å². The molecule has 2 rings (SSSR count). The fourth-order valence-electron chi connectivity index (χ4n) is 2.48. The minimum Gasteiger partial charge on any atom is -0.466 e. The van der Waals surface area contributed by atoms with Gasteiger partial charge in [-0.1, -0.05) is 6.08 Å². The number of fused-ring (bicyclic) bond motifs is 1. The van der Waals surface area contributed by atoms with Gasteiger partial charge >= 0.3 is 5.97 Å². The van der Waals surface area contributed by atoms with E-state index in [1.165, 1.54) is 19.6 Å². The quantitative estimate of drug-likeness (QED) is 0.557. The molecule has 0 aromatic carbocycles. The van der Waals surface area contributed by atoms with Crippen LogP contribution in [0.5, 0.6) is 0 Å². The number of carbonyl (C=O) groups is 1. The van der Waals surface area contributed by atoms with E-state index in [2.05, 4.69) is 4.74 Å². The molecule has 0 amide bonds. The zero-order valence-electron chi connectivity index (χ0n) is 10.5. The molecule has 4 nitrogen and oxygen atoms in total. The Labute approximate surface area is 102 Å². The Bertz CT molecular complexity index is 313. The molecule has 1 aliphatic carbocycles. The molecule has 0 radical (unpaired) electrons. The van der Waals surface area contributed by atoms with Crippen molar-refractivity contribution >= 4 is 5.97 Å². The van der Waals surface area contributed by atoms with Gasteiger partial charge in [0.05, 0.1) is 31.5 Å². The summed E-state index contributed by atoms with van der Waals surface area (Å²) in [6.07, 6.45) is 7.81. The first-order chi connectivity index (χ1) is 8.13. The van der Waals surface area contributed by atoms with E-state index in [1.54, 1.807) is 6.08 Å². The van der Waals surface area contributed by atoms with Crippen molar-refractivity contribution in [2.45, 2.75) is 50.4 Å². The normalized spacial score (nSPS) is 37.1. The van der Waals surface area contributed by atoms with Crippen LogP contribution in [0.2, 0.25) is 0 Å². The molecule has 1 aliphatic heterocycles. The summed E-state index contributed by atoms with van der Waals surface area (Å²) in [5.41, 5.74) is -0.309. The molecular formula is C13H20O4. The Morgan fingerprint density at radius 2 is 2.24 bits per heavy atom. The highest BCUT2D eigenvalue weighted by Crippen LogP contribution is 2.35. The van der Waals surface area contributed by atoms with E-state index in [4.69, 9.17) is 9.47 Å². The first-order valence-electron chi connectivity index (χ1n) is 6.17. The van der Waals surface area contributed by atoms with Crippen LogP contribution >= 0.6 is 0 Å². The van der Waals surface area contributed by atoms with Gasteiger partial charge in [0.25, 0.3) is 0 Å². The highest BCUT2D eigenvalue weighted by molar-refractivity contribution is 5.81. The van der Waals surface area contributed by atoms with Crippen LogP contribution in [0.1, 0.15) is 32.6 Å². The lowest BCUT2D eigenvalue weighted by Gasteiger charge is -2.40. The third-order valence-electron chi connectivity index (χ3n) is 3.44. The molecule has 1 heterocycles. The van der Waals surface area contributed by atoms with Gasteiger partial charge in [-0.15, -0.1) is 0 Å². The Kier molecular flexibility index (Phi) is 3.84. The van der Waals surface area contributed by atoms with E-state index in [1.807, 2.05) is 6.92 Å². The maximum absolute atomic E-state index is 11.0. The van der Waals surface area contributed by atoms with Crippen molar-refractivity contribution in [3.05, 3.63) is 12.2 Å². The molecule has 0 bridgehead atoms. The van der Waals surface area contributed by atoms with Gasteiger partial charge in [-0.25, -0.2) is 4.79 Å². The highest BCUT2D eigenvalue weighted by atomic mass is 16.6. The standard InChI is InChI=1S/C13H20O4/c1-13(8-4-7-12(14)15-2)9-16-10-5-3-6-11(10)17-13/h4,7,10-11H,3,5-6,8-9H2,1-2H3/b7-4+/t10-,11-,13-/m0/s1. The van der Waals surface area contributed by atoms with E-state index in [0.717, 1.165) is 12.8 Å². The summed E-state index contributed by atoms with van der Waals surface area (Å²) in [6.45, 7) is 2.63. The van der Waals surface area contributed by atoms with Gasteiger partial charge in [-0.2, -0.15) is 0 Å². The molecule has 0 aromatic heterocycles. The van der Waals surface area contributed by atoms with E-state index in [9.17, 15) is 4.79 Å². The summed E-state index contributed by atoms with van der Waals surface area (Å²) < 4.78 is 16.5. The molecule has 3 atom stereocenters. The van der Waals surface area contributed by atoms with Gasteiger partial charge in [0.2, 0.25) is 0 Å². The van der Waals surface area contributed by atoms with E-state index >= 15 is 0 Å². The Balaban J connectivity index is 1.87. The van der Waals surface area contributed by atoms with Gasteiger partial charge in [0.15, 0.2) is 0 Å². The molecule has 1 saturated heterocycles. The summed E-state index contributed by atoms with van der Waals surface area (Å²) in [5, 5.41) is 0. The van der Waals surface area contributed by atoms with Crippen LogP contribution in [-0.4, -0.2) is 37.5 Å². The second kappa shape index (κ2) is 5.19. The second-order valence-corrected chi connectivity index (χ2v) is 5.02. The molecule has 0 unspecified atom stereocenters. The lowest BCUT2D eigenvalue weighted by atomic mass is 10.0. The maximum atomic E-state index is 11.0. The third kappa shape index (κ3) is 3.07. The smallest absolute Gasteiger partial charge is 0.330 e. The molecule has 96 valence electrons. The van der Waals surface area contributed by atoms with Crippen molar-refractivity contribution in [2.75, 3.05) is 13.7 Å². The van der Waals surface area contributed by atoms with Crippen molar-refractivity contribution in [3.8, 4) is 0 Å². The zero-order valence-corrected chi connectivity index (χ0v) is 10.5. The molecule has 0 spiro atoms.